The maximum atomic E-state index is 11.7. The van der Waals surface area contributed by atoms with E-state index < -0.39 is 11.9 Å². The highest BCUT2D eigenvalue weighted by molar-refractivity contribution is 7.12. The van der Waals surface area contributed by atoms with Gasteiger partial charge in [0.25, 0.3) is 5.91 Å². The van der Waals surface area contributed by atoms with Gasteiger partial charge in [0.05, 0.1) is 4.88 Å². The summed E-state index contributed by atoms with van der Waals surface area (Å²) in [5.41, 5.74) is 6.22. The van der Waals surface area contributed by atoms with Crippen LogP contribution in [0.2, 0.25) is 0 Å². The van der Waals surface area contributed by atoms with Gasteiger partial charge in [-0.3, -0.25) is 9.59 Å². The van der Waals surface area contributed by atoms with Gasteiger partial charge in [-0.05, 0) is 17.0 Å². The molecule has 0 aliphatic carbocycles. The summed E-state index contributed by atoms with van der Waals surface area (Å²) in [4.78, 5) is 23.9. The molecule has 1 aromatic carbocycles. The molecule has 1 unspecified atom stereocenters. The Morgan fingerprint density at radius 3 is 2.48 bits per heavy atom. The Morgan fingerprint density at radius 1 is 1.10 bits per heavy atom. The summed E-state index contributed by atoms with van der Waals surface area (Å²) in [7, 11) is 0. The van der Waals surface area contributed by atoms with Crippen LogP contribution in [0.5, 0.6) is 0 Å². The Hall–Kier alpha value is -2.18. The lowest BCUT2D eigenvalue weighted by molar-refractivity contribution is -0.120. The van der Waals surface area contributed by atoms with Crippen LogP contribution in [0.25, 0.3) is 0 Å². The maximum Gasteiger partial charge on any atom is 0.261 e. The van der Waals surface area contributed by atoms with Gasteiger partial charge in [0, 0.05) is 13.1 Å². The van der Waals surface area contributed by atoms with E-state index in [4.69, 9.17) is 5.73 Å². The number of benzene rings is 1. The fourth-order valence-electron chi connectivity index (χ4n) is 1.92. The van der Waals surface area contributed by atoms with Crippen molar-refractivity contribution < 1.29 is 9.59 Å². The second kappa shape index (κ2) is 7.56. The third-order valence-corrected chi connectivity index (χ3v) is 3.79. The van der Waals surface area contributed by atoms with Gasteiger partial charge in [0.2, 0.25) is 5.91 Å². The Labute approximate surface area is 127 Å². The molecular weight excluding hydrogens is 286 g/mol. The minimum atomic E-state index is -0.551. The van der Waals surface area contributed by atoms with Crippen LogP contribution in [0, 0.1) is 0 Å². The fourth-order valence-corrected chi connectivity index (χ4v) is 2.56. The normalized spacial score (nSPS) is 11.8. The molecule has 0 spiro atoms. The van der Waals surface area contributed by atoms with Crippen molar-refractivity contribution in [2.75, 3.05) is 13.1 Å². The molecule has 21 heavy (non-hydrogen) atoms. The summed E-state index contributed by atoms with van der Waals surface area (Å²) in [6.07, 6.45) is 0. The van der Waals surface area contributed by atoms with E-state index in [0.29, 0.717) is 18.0 Å². The maximum absolute atomic E-state index is 11.7. The molecule has 2 rings (SSSR count). The van der Waals surface area contributed by atoms with Gasteiger partial charge in [0.15, 0.2) is 0 Å². The molecule has 0 saturated heterocycles. The molecule has 0 aliphatic heterocycles. The molecule has 0 fully saturated rings. The SMILES string of the molecule is NC(=O)C(NCCNC(=O)c1cccs1)c1ccccc1. The smallest absolute Gasteiger partial charge is 0.261 e. The van der Waals surface area contributed by atoms with Crippen molar-refractivity contribution in [2.45, 2.75) is 6.04 Å². The summed E-state index contributed by atoms with van der Waals surface area (Å²) >= 11 is 1.39. The van der Waals surface area contributed by atoms with Crippen molar-refractivity contribution in [3.63, 3.8) is 0 Å². The summed E-state index contributed by atoms with van der Waals surface area (Å²) in [6.45, 7) is 0.882. The van der Waals surface area contributed by atoms with Gasteiger partial charge >= 0.3 is 0 Å². The zero-order valence-corrected chi connectivity index (χ0v) is 12.2. The van der Waals surface area contributed by atoms with Crippen LogP contribution in [-0.2, 0) is 4.79 Å². The monoisotopic (exact) mass is 303 g/mol. The average Bonchev–Trinajstić information content (AvgIpc) is 3.01. The number of nitrogens with two attached hydrogens (primary N) is 1. The predicted molar refractivity (Wildman–Crippen MR) is 83.0 cm³/mol. The first-order valence-electron chi connectivity index (χ1n) is 6.58. The predicted octanol–water partition coefficient (Wildman–Crippen LogP) is 1.29. The first-order chi connectivity index (χ1) is 10.2. The lowest BCUT2D eigenvalue weighted by atomic mass is 10.1. The number of amides is 2. The van der Waals surface area contributed by atoms with Crippen molar-refractivity contribution in [1.29, 1.82) is 0 Å². The van der Waals surface area contributed by atoms with Gasteiger partial charge in [0.1, 0.15) is 6.04 Å². The number of carbonyl (C=O) groups is 2. The molecule has 6 heteroatoms. The summed E-state index contributed by atoms with van der Waals surface area (Å²) in [6, 6.07) is 12.3. The number of thiophene rings is 1. The van der Waals surface area contributed by atoms with Crippen molar-refractivity contribution in [3.8, 4) is 0 Å². The molecule has 0 aliphatic rings. The van der Waals surface area contributed by atoms with Crippen LogP contribution < -0.4 is 16.4 Å². The van der Waals surface area contributed by atoms with Crippen LogP contribution in [0.4, 0.5) is 0 Å². The third kappa shape index (κ3) is 4.40. The van der Waals surface area contributed by atoms with Gasteiger partial charge in [-0.25, -0.2) is 0 Å². The van der Waals surface area contributed by atoms with Crippen molar-refractivity contribution in [2.24, 2.45) is 5.73 Å². The van der Waals surface area contributed by atoms with E-state index in [1.807, 2.05) is 41.8 Å². The van der Waals surface area contributed by atoms with Crippen LogP contribution in [-0.4, -0.2) is 24.9 Å². The quantitative estimate of drug-likeness (QED) is 0.674. The topological polar surface area (TPSA) is 84.2 Å². The molecule has 1 atom stereocenters. The van der Waals surface area contributed by atoms with E-state index in [-0.39, 0.29) is 5.91 Å². The third-order valence-electron chi connectivity index (χ3n) is 2.92. The number of hydrogen-bond donors (Lipinski definition) is 3. The lowest BCUT2D eigenvalue weighted by Gasteiger charge is -2.15. The van der Waals surface area contributed by atoms with Crippen molar-refractivity contribution in [3.05, 3.63) is 58.3 Å². The van der Waals surface area contributed by atoms with Crippen LogP contribution in [0.3, 0.4) is 0 Å². The molecule has 2 amide bonds. The molecule has 2 aromatic rings. The number of rotatable bonds is 7. The highest BCUT2D eigenvalue weighted by atomic mass is 32.1. The van der Waals surface area contributed by atoms with Crippen molar-refractivity contribution >= 4 is 23.2 Å². The van der Waals surface area contributed by atoms with Gasteiger partial charge in [-0.1, -0.05) is 36.4 Å². The molecule has 1 aromatic heterocycles. The summed E-state index contributed by atoms with van der Waals surface area (Å²) in [5.74, 6) is -0.548. The van der Waals surface area contributed by atoms with E-state index in [2.05, 4.69) is 10.6 Å². The molecule has 5 nitrogen and oxygen atoms in total. The fraction of sp³-hybridized carbons (Fsp3) is 0.200. The second-order valence-electron chi connectivity index (χ2n) is 4.43. The van der Waals surface area contributed by atoms with Gasteiger partial charge in [-0.2, -0.15) is 0 Å². The molecule has 0 radical (unpaired) electrons. The number of primary amides is 1. The highest BCUT2D eigenvalue weighted by Crippen LogP contribution is 2.11. The van der Waals surface area contributed by atoms with E-state index in [1.165, 1.54) is 11.3 Å². The summed E-state index contributed by atoms with van der Waals surface area (Å²) in [5, 5.41) is 7.69. The second-order valence-corrected chi connectivity index (χ2v) is 5.38. The highest BCUT2D eigenvalue weighted by Gasteiger charge is 2.16. The molecule has 0 bridgehead atoms. The minimum Gasteiger partial charge on any atom is -0.368 e. The molecule has 0 saturated carbocycles. The Balaban J connectivity index is 1.81. The lowest BCUT2D eigenvalue weighted by Crippen LogP contribution is -2.38. The summed E-state index contributed by atoms with van der Waals surface area (Å²) < 4.78 is 0. The van der Waals surface area contributed by atoms with E-state index >= 15 is 0 Å². The molecule has 110 valence electrons. The number of hydrogen-bond acceptors (Lipinski definition) is 4. The van der Waals surface area contributed by atoms with E-state index in [1.54, 1.807) is 6.07 Å². The molecule has 4 N–H and O–H groups in total. The largest absolute Gasteiger partial charge is 0.368 e. The minimum absolute atomic E-state index is 0.109. The Kier molecular flexibility index (Phi) is 5.48. The zero-order valence-electron chi connectivity index (χ0n) is 11.4. The Bertz CT molecular complexity index is 584. The van der Waals surface area contributed by atoms with Crippen LogP contribution in [0.1, 0.15) is 21.3 Å². The first kappa shape index (κ1) is 15.2. The van der Waals surface area contributed by atoms with E-state index in [0.717, 1.165) is 5.56 Å². The van der Waals surface area contributed by atoms with E-state index in [9.17, 15) is 9.59 Å². The molecule has 1 heterocycles. The zero-order chi connectivity index (χ0) is 15.1. The van der Waals surface area contributed by atoms with Crippen LogP contribution >= 0.6 is 11.3 Å². The van der Waals surface area contributed by atoms with Gasteiger partial charge in [-0.15, -0.1) is 11.3 Å². The first-order valence-corrected chi connectivity index (χ1v) is 7.46. The number of nitrogens with one attached hydrogen (secondary N) is 2. The van der Waals surface area contributed by atoms with Gasteiger partial charge < -0.3 is 16.4 Å². The standard InChI is InChI=1S/C15H17N3O2S/c16-14(19)13(11-5-2-1-3-6-11)17-8-9-18-15(20)12-7-4-10-21-12/h1-7,10,13,17H,8-9H2,(H2,16,19)(H,18,20). The molecular formula is C15H17N3O2S. The van der Waals surface area contributed by atoms with Crippen LogP contribution in [0.15, 0.2) is 47.8 Å². The Morgan fingerprint density at radius 2 is 1.86 bits per heavy atom. The number of carbonyl (C=O) groups excluding carboxylic acids is 2. The average molecular weight is 303 g/mol. The van der Waals surface area contributed by atoms with Crippen molar-refractivity contribution in [1.82, 2.24) is 10.6 Å².